The van der Waals surface area contributed by atoms with Gasteiger partial charge in [0.1, 0.15) is 0 Å². The van der Waals surface area contributed by atoms with Crippen LogP contribution in [0.1, 0.15) is 51.9 Å². The Morgan fingerprint density at radius 3 is 2.56 bits per heavy atom. The van der Waals surface area contributed by atoms with E-state index in [1.165, 1.54) is 58.0 Å². The maximum Gasteiger partial charge on any atom is 0.0588 e. The van der Waals surface area contributed by atoms with E-state index < -0.39 is 0 Å². The normalized spacial score (nSPS) is 39.7. The van der Waals surface area contributed by atoms with E-state index in [1.807, 2.05) is 0 Å². The minimum Gasteiger partial charge on any atom is -0.378 e. The highest BCUT2D eigenvalue weighted by atomic mass is 16.5. The van der Waals surface area contributed by atoms with Crippen LogP contribution in [0.4, 0.5) is 0 Å². The fourth-order valence-electron chi connectivity index (χ4n) is 4.11. The zero-order valence-electron chi connectivity index (χ0n) is 11.7. The molecule has 0 aromatic carbocycles. The minimum atomic E-state index is 0.553. The summed E-state index contributed by atoms with van der Waals surface area (Å²) in [7, 11) is 0. The van der Waals surface area contributed by atoms with Gasteiger partial charge in [-0.2, -0.15) is 0 Å². The van der Waals surface area contributed by atoms with E-state index in [-0.39, 0.29) is 0 Å². The van der Waals surface area contributed by atoms with Crippen LogP contribution >= 0.6 is 0 Å². The molecule has 18 heavy (non-hydrogen) atoms. The standard InChI is InChI=1S/C15H28N2O/c1-2-17(8-7-15-4-3-9-18-15)14-10-12-5-6-13(11-14)16-12/h12-16H,2-11H2,1H3. The molecule has 3 atom stereocenters. The third-order valence-electron chi connectivity index (χ3n) is 5.13. The number of fused-ring (bicyclic) bond motifs is 2. The van der Waals surface area contributed by atoms with E-state index in [0.29, 0.717) is 6.10 Å². The van der Waals surface area contributed by atoms with Crippen molar-refractivity contribution in [3.8, 4) is 0 Å². The topological polar surface area (TPSA) is 24.5 Å². The number of nitrogens with one attached hydrogen (secondary N) is 1. The van der Waals surface area contributed by atoms with Crippen LogP contribution in [0.2, 0.25) is 0 Å². The van der Waals surface area contributed by atoms with Crippen LogP contribution in [0.15, 0.2) is 0 Å². The van der Waals surface area contributed by atoms with Gasteiger partial charge in [-0.1, -0.05) is 6.92 Å². The van der Waals surface area contributed by atoms with E-state index in [1.54, 1.807) is 0 Å². The first-order valence-electron chi connectivity index (χ1n) is 7.97. The van der Waals surface area contributed by atoms with Crippen molar-refractivity contribution in [3.05, 3.63) is 0 Å². The van der Waals surface area contributed by atoms with Gasteiger partial charge >= 0.3 is 0 Å². The average molecular weight is 252 g/mol. The lowest BCUT2D eigenvalue weighted by molar-refractivity contribution is 0.0774. The highest BCUT2D eigenvalue weighted by molar-refractivity contribution is 4.95. The summed E-state index contributed by atoms with van der Waals surface area (Å²) in [5.74, 6) is 0. The van der Waals surface area contributed by atoms with Crippen LogP contribution in [0, 0.1) is 0 Å². The molecule has 0 aromatic heterocycles. The van der Waals surface area contributed by atoms with Crippen LogP contribution in [-0.4, -0.2) is 48.8 Å². The molecule has 3 saturated heterocycles. The summed E-state index contributed by atoms with van der Waals surface area (Å²) in [6.07, 6.45) is 9.91. The Labute approximate surface area is 111 Å². The van der Waals surface area contributed by atoms with Gasteiger partial charge in [-0.3, -0.25) is 0 Å². The Balaban J connectivity index is 1.48. The summed E-state index contributed by atoms with van der Waals surface area (Å²) < 4.78 is 5.75. The maximum atomic E-state index is 5.75. The monoisotopic (exact) mass is 252 g/mol. The van der Waals surface area contributed by atoms with Gasteiger partial charge in [-0.25, -0.2) is 0 Å². The van der Waals surface area contributed by atoms with Gasteiger partial charge < -0.3 is 15.0 Å². The fraction of sp³-hybridized carbons (Fsp3) is 1.00. The molecule has 0 radical (unpaired) electrons. The molecule has 3 aliphatic heterocycles. The van der Waals surface area contributed by atoms with Crippen molar-refractivity contribution in [2.24, 2.45) is 0 Å². The smallest absolute Gasteiger partial charge is 0.0588 e. The zero-order chi connectivity index (χ0) is 12.4. The van der Waals surface area contributed by atoms with Crippen molar-refractivity contribution >= 4 is 0 Å². The quantitative estimate of drug-likeness (QED) is 0.811. The van der Waals surface area contributed by atoms with Crippen LogP contribution in [0.3, 0.4) is 0 Å². The Kier molecular flexibility index (Phi) is 4.22. The molecule has 0 amide bonds. The van der Waals surface area contributed by atoms with Crippen molar-refractivity contribution in [2.75, 3.05) is 19.7 Å². The van der Waals surface area contributed by atoms with Crippen LogP contribution < -0.4 is 5.32 Å². The van der Waals surface area contributed by atoms with Gasteiger partial charge in [0.05, 0.1) is 6.10 Å². The highest BCUT2D eigenvalue weighted by Crippen LogP contribution is 2.30. The second-order valence-electron chi connectivity index (χ2n) is 6.32. The number of hydrogen-bond donors (Lipinski definition) is 1. The molecule has 3 fully saturated rings. The van der Waals surface area contributed by atoms with E-state index >= 15 is 0 Å². The first-order valence-corrected chi connectivity index (χ1v) is 7.97. The van der Waals surface area contributed by atoms with Crippen LogP contribution in [0.5, 0.6) is 0 Å². The molecular weight excluding hydrogens is 224 g/mol. The first-order chi connectivity index (χ1) is 8.85. The van der Waals surface area contributed by atoms with Crippen molar-refractivity contribution in [2.45, 2.75) is 76.1 Å². The molecule has 0 aliphatic carbocycles. The summed E-state index contributed by atoms with van der Waals surface area (Å²) in [6.45, 7) is 5.76. The number of ether oxygens (including phenoxy) is 1. The fourth-order valence-corrected chi connectivity index (χ4v) is 4.11. The molecule has 0 spiro atoms. The molecule has 3 unspecified atom stereocenters. The van der Waals surface area contributed by atoms with Crippen molar-refractivity contribution in [3.63, 3.8) is 0 Å². The Morgan fingerprint density at radius 2 is 1.94 bits per heavy atom. The number of rotatable bonds is 5. The van der Waals surface area contributed by atoms with Crippen LogP contribution in [0.25, 0.3) is 0 Å². The molecule has 3 aliphatic rings. The Morgan fingerprint density at radius 1 is 1.17 bits per heavy atom. The lowest BCUT2D eigenvalue weighted by Gasteiger charge is -2.37. The van der Waals surface area contributed by atoms with Crippen molar-refractivity contribution in [1.82, 2.24) is 10.2 Å². The predicted octanol–water partition coefficient (Wildman–Crippen LogP) is 2.16. The maximum absolute atomic E-state index is 5.75. The molecule has 0 saturated carbocycles. The lowest BCUT2D eigenvalue weighted by atomic mass is 9.97. The predicted molar refractivity (Wildman–Crippen MR) is 73.8 cm³/mol. The molecular formula is C15H28N2O. The van der Waals surface area contributed by atoms with Gasteiger partial charge in [0.15, 0.2) is 0 Å². The molecule has 3 heterocycles. The Bertz CT molecular complexity index is 253. The van der Waals surface area contributed by atoms with Gasteiger partial charge in [0.25, 0.3) is 0 Å². The van der Waals surface area contributed by atoms with Gasteiger partial charge in [0, 0.05) is 31.3 Å². The summed E-state index contributed by atoms with van der Waals surface area (Å²) in [4.78, 5) is 2.72. The largest absolute Gasteiger partial charge is 0.378 e. The van der Waals surface area contributed by atoms with Gasteiger partial charge in [-0.05, 0) is 51.5 Å². The molecule has 0 aromatic rings. The summed E-state index contributed by atoms with van der Waals surface area (Å²) >= 11 is 0. The van der Waals surface area contributed by atoms with Gasteiger partial charge in [-0.15, -0.1) is 0 Å². The Hall–Kier alpha value is -0.120. The minimum absolute atomic E-state index is 0.553. The van der Waals surface area contributed by atoms with E-state index in [2.05, 4.69) is 17.1 Å². The number of nitrogens with zero attached hydrogens (tertiary/aromatic N) is 1. The van der Waals surface area contributed by atoms with Crippen molar-refractivity contribution in [1.29, 1.82) is 0 Å². The SMILES string of the molecule is CCN(CCC1CCCO1)C1CC2CCC(C1)N2. The second kappa shape index (κ2) is 5.89. The third-order valence-corrected chi connectivity index (χ3v) is 5.13. The third kappa shape index (κ3) is 2.89. The molecule has 3 rings (SSSR count). The zero-order valence-corrected chi connectivity index (χ0v) is 11.7. The second-order valence-corrected chi connectivity index (χ2v) is 6.32. The van der Waals surface area contributed by atoms with E-state index in [4.69, 9.17) is 4.74 Å². The molecule has 2 bridgehead atoms. The number of piperidine rings is 1. The van der Waals surface area contributed by atoms with Crippen LogP contribution in [-0.2, 0) is 4.74 Å². The number of hydrogen-bond acceptors (Lipinski definition) is 3. The summed E-state index contributed by atoms with van der Waals surface area (Å²) in [5.41, 5.74) is 0. The van der Waals surface area contributed by atoms with E-state index in [9.17, 15) is 0 Å². The molecule has 3 nitrogen and oxygen atoms in total. The molecule has 1 N–H and O–H groups in total. The summed E-state index contributed by atoms with van der Waals surface area (Å²) in [6, 6.07) is 2.45. The highest BCUT2D eigenvalue weighted by Gasteiger charge is 2.35. The average Bonchev–Trinajstić information content (AvgIpc) is 3.00. The van der Waals surface area contributed by atoms with Crippen molar-refractivity contribution < 1.29 is 4.74 Å². The molecule has 104 valence electrons. The summed E-state index contributed by atoms with van der Waals surface area (Å²) in [5, 5.41) is 3.75. The molecule has 3 heteroatoms. The first kappa shape index (κ1) is 12.9. The van der Waals surface area contributed by atoms with Gasteiger partial charge in [0.2, 0.25) is 0 Å². The lowest BCUT2D eigenvalue weighted by Crippen LogP contribution is -2.48. The van der Waals surface area contributed by atoms with E-state index in [0.717, 1.165) is 24.7 Å².